The Morgan fingerprint density at radius 3 is 2.74 bits per heavy atom. The second-order valence-electron chi connectivity index (χ2n) is 5.27. The Labute approximate surface area is 133 Å². The number of anilines is 1. The number of aromatic amines is 1. The van der Waals surface area contributed by atoms with Crippen molar-refractivity contribution in [3.63, 3.8) is 0 Å². The summed E-state index contributed by atoms with van der Waals surface area (Å²) in [7, 11) is 0. The van der Waals surface area contributed by atoms with Gasteiger partial charge in [-0.05, 0) is 13.3 Å². The van der Waals surface area contributed by atoms with Gasteiger partial charge in [0.25, 0.3) is 11.5 Å². The van der Waals surface area contributed by atoms with Gasteiger partial charge < -0.3 is 15.2 Å². The Bertz CT molecular complexity index is 755. The molecule has 0 saturated carbocycles. The molecule has 0 radical (unpaired) electrons. The Morgan fingerprint density at radius 1 is 1.26 bits per heavy atom. The Balaban J connectivity index is 1.74. The van der Waals surface area contributed by atoms with Crippen LogP contribution in [0.15, 0.2) is 23.5 Å². The van der Waals surface area contributed by atoms with Crippen molar-refractivity contribution in [3.05, 3.63) is 45.9 Å². The number of nitrogens with one attached hydrogen (secondary N) is 2. The molecule has 120 valence electrons. The summed E-state index contributed by atoms with van der Waals surface area (Å²) in [6.07, 6.45) is 5.53. The van der Waals surface area contributed by atoms with E-state index in [0.29, 0.717) is 43.0 Å². The van der Waals surface area contributed by atoms with Crippen molar-refractivity contribution in [2.75, 3.05) is 25.0 Å². The number of nitrogens with zero attached hydrogens (tertiary/aromatic N) is 4. The molecule has 0 aromatic carbocycles. The Hall–Kier alpha value is -2.77. The van der Waals surface area contributed by atoms with E-state index in [1.165, 1.54) is 18.7 Å². The van der Waals surface area contributed by atoms with Gasteiger partial charge in [-0.1, -0.05) is 0 Å². The maximum absolute atomic E-state index is 12.6. The summed E-state index contributed by atoms with van der Waals surface area (Å²) in [6, 6.07) is 0. The van der Waals surface area contributed by atoms with Gasteiger partial charge in [-0.15, -0.1) is 0 Å². The molecule has 1 aliphatic rings. The third-order valence-corrected chi connectivity index (χ3v) is 3.81. The Morgan fingerprint density at radius 2 is 2.00 bits per heavy atom. The molecule has 8 heteroatoms. The minimum Gasteiger partial charge on any atom is -0.355 e. The molecule has 2 aromatic rings. The van der Waals surface area contributed by atoms with Gasteiger partial charge in [-0.25, -0.2) is 15.0 Å². The van der Waals surface area contributed by atoms with Crippen LogP contribution < -0.4 is 10.9 Å². The monoisotopic (exact) mass is 314 g/mol. The molecule has 0 bridgehead atoms. The normalized spacial score (nSPS) is 14.0. The zero-order valence-corrected chi connectivity index (χ0v) is 12.9. The molecule has 0 unspecified atom stereocenters. The number of carbonyl (C=O) groups excluding carboxylic acids is 1. The molecule has 0 spiro atoms. The van der Waals surface area contributed by atoms with E-state index in [4.69, 9.17) is 0 Å². The molecule has 2 N–H and O–H groups in total. The number of hydrogen-bond acceptors (Lipinski definition) is 6. The second-order valence-corrected chi connectivity index (χ2v) is 5.27. The molecule has 0 saturated heterocycles. The first-order valence-corrected chi connectivity index (χ1v) is 7.59. The van der Waals surface area contributed by atoms with Crippen LogP contribution in [0.1, 0.15) is 28.5 Å². The van der Waals surface area contributed by atoms with Crippen LogP contribution >= 0.6 is 0 Å². The molecule has 0 atom stereocenters. The fraction of sp³-hybridized carbons (Fsp3) is 0.400. The number of rotatable bonds is 3. The van der Waals surface area contributed by atoms with Crippen molar-refractivity contribution in [2.24, 2.45) is 0 Å². The molecular weight excluding hydrogens is 296 g/mol. The summed E-state index contributed by atoms with van der Waals surface area (Å²) in [6.45, 7) is 3.68. The van der Waals surface area contributed by atoms with E-state index in [1.54, 1.807) is 4.90 Å². The van der Waals surface area contributed by atoms with Gasteiger partial charge in [0.15, 0.2) is 0 Å². The highest BCUT2D eigenvalue weighted by molar-refractivity contribution is 5.93. The number of aromatic nitrogens is 4. The minimum atomic E-state index is -0.128. The summed E-state index contributed by atoms with van der Waals surface area (Å²) in [4.78, 5) is 41.2. The van der Waals surface area contributed by atoms with E-state index in [9.17, 15) is 9.59 Å². The van der Waals surface area contributed by atoms with Crippen molar-refractivity contribution in [1.29, 1.82) is 0 Å². The highest BCUT2D eigenvalue weighted by Crippen LogP contribution is 2.12. The predicted octanol–water partition coefficient (Wildman–Crippen LogP) is 0.233. The van der Waals surface area contributed by atoms with Crippen LogP contribution in [0.4, 0.5) is 5.95 Å². The van der Waals surface area contributed by atoms with Crippen molar-refractivity contribution in [2.45, 2.75) is 19.8 Å². The first kappa shape index (κ1) is 15.1. The van der Waals surface area contributed by atoms with Crippen LogP contribution in [0.25, 0.3) is 0 Å². The summed E-state index contributed by atoms with van der Waals surface area (Å²) in [5.41, 5.74) is 1.76. The lowest BCUT2D eigenvalue weighted by atomic mass is 10.1. The van der Waals surface area contributed by atoms with Crippen molar-refractivity contribution < 1.29 is 4.79 Å². The highest BCUT2D eigenvalue weighted by atomic mass is 16.2. The van der Waals surface area contributed by atoms with E-state index in [0.717, 1.165) is 12.2 Å². The van der Waals surface area contributed by atoms with Crippen molar-refractivity contribution >= 4 is 11.9 Å². The van der Waals surface area contributed by atoms with Crippen molar-refractivity contribution in [1.82, 2.24) is 24.8 Å². The topological polar surface area (TPSA) is 104 Å². The van der Waals surface area contributed by atoms with E-state index in [1.807, 2.05) is 6.92 Å². The van der Waals surface area contributed by atoms with Gasteiger partial charge in [-0.3, -0.25) is 9.59 Å². The molecule has 1 aliphatic heterocycles. The molecule has 3 rings (SSSR count). The van der Waals surface area contributed by atoms with Gasteiger partial charge in [0.1, 0.15) is 0 Å². The second kappa shape index (κ2) is 6.55. The van der Waals surface area contributed by atoms with Gasteiger partial charge in [0, 0.05) is 44.0 Å². The fourth-order valence-corrected chi connectivity index (χ4v) is 2.61. The predicted molar refractivity (Wildman–Crippen MR) is 84.4 cm³/mol. The van der Waals surface area contributed by atoms with E-state index >= 15 is 0 Å². The minimum absolute atomic E-state index is 0.123. The van der Waals surface area contributed by atoms with Crippen LogP contribution in [0.3, 0.4) is 0 Å². The number of fused-ring (bicyclic) bond motifs is 1. The lowest BCUT2D eigenvalue weighted by Crippen LogP contribution is -2.33. The van der Waals surface area contributed by atoms with Crippen molar-refractivity contribution in [3.8, 4) is 0 Å². The number of carbonyl (C=O) groups is 1. The average molecular weight is 314 g/mol. The standard InChI is InChI=1S/C15H18N6O2/c1-2-16-15-17-7-10(8-18-15)14(23)21-5-3-11-12(4-6-21)19-9-20-13(11)22/h7-9H,2-6H2,1H3,(H,16,17,18)(H,19,20,22). The maximum atomic E-state index is 12.6. The third kappa shape index (κ3) is 3.20. The Kier molecular flexibility index (Phi) is 4.31. The highest BCUT2D eigenvalue weighted by Gasteiger charge is 2.22. The average Bonchev–Trinajstić information content (AvgIpc) is 2.79. The summed E-state index contributed by atoms with van der Waals surface area (Å²) in [5.74, 6) is 0.375. The van der Waals surface area contributed by atoms with Gasteiger partial charge in [-0.2, -0.15) is 0 Å². The van der Waals surface area contributed by atoms with Crippen LogP contribution in [-0.4, -0.2) is 50.4 Å². The fourth-order valence-electron chi connectivity index (χ4n) is 2.61. The third-order valence-electron chi connectivity index (χ3n) is 3.81. The van der Waals surface area contributed by atoms with Gasteiger partial charge in [0.05, 0.1) is 17.6 Å². The number of hydrogen-bond donors (Lipinski definition) is 2. The van der Waals surface area contributed by atoms with Crippen LogP contribution in [-0.2, 0) is 12.8 Å². The lowest BCUT2D eigenvalue weighted by Gasteiger charge is -2.19. The molecule has 0 aliphatic carbocycles. The number of H-pyrrole nitrogens is 1. The first-order chi connectivity index (χ1) is 11.2. The zero-order valence-electron chi connectivity index (χ0n) is 12.9. The molecule has 2 aromatic heterocycles. The molecule has 3 heterocycles. The molecule has 8 nitrogen and oxygen atoms in total. The lowest BCUT2D eigenvalue weighted by molar-refractivity contribution is 0.0762. The van der Waals surface area contributed by atoms with E-state index in [2.05, 4.69) is 25.3 Å². The first-order valence-electron chi connectivity index (χ1n) is 7.59. The summed E-state index contributed by atoms with van der Waals surface area (Å²) < 4.78 is 0. The maximum Gasteiger partial charge on any atom is 0.257 e. The van der Waals surface area contributed by atoms with Crippen LogP contribution in [0.2, 0.25) is 0 Å². The van der Waals surface area contributed by atoms with Crippen LogP contribution in [0, 0.1) is 0 Å². The van der Waals surface area contributed by atoms with E-state index in [-0.39, 0.29) is 11.5 Å². The molecule has 0 fully saturated rings. The van der Waals surface area contributed by atoms with E-state index < -0.39 is 0 Å². The summed E-state index contributed by atoms with van der Waals surface area (Å²) >= 11 is 0. The summed E-state index contributed by atoms with van der Waals surface area (Å²) in [5, 5.41) is 2.99. The molecule has 23 heavy (non-hydrogen) atoms. The molecular formula is C15H18N6O2. The largest absolute Gasteiger partial charge is 0.355 e. The smallest absolute Gasteiger partial charge is 0.257 e. The quantitative estimate of drug-likeness (QED) is 0.840. The van der Waals surface area contributed by atoms with Gasteiger partial charge in [0.2, 0.25) is 5.95 Å². The molecule has 1 amide bonds. The van der Waals surface area contributed by atoms with Crippen LogP contribution in [0.5, 0.6) is 0 Å². The zero-order chi connectivity index (χ0) is 16.2. The SMILES string of the molecule is CCNc1ncc(C(=O)N2CCc3nc[nH]c(=O)c3CC2)cn1. The van der Waals surface area contributed by atoms with Gasteiger partial charge >= 0.3 is 0 Å². The number of amides is 1.